The molecule has 1 aliphatic heterocycles. The Morgan fingerprint density at radius 2 is 1.64 bits per heavy atom. The van der Waals surface area contributed by atoms with Crippen LogP contribution >= 0.6 is 11.8 Å². The number of ketones is 1. The van der Waals surface area contributed by atoms with Gasteiger partial charge in [-0.25, -0.2) is 0 Å². The van der Waals surface area contributed by atoms with Crippen molar-refractivity contribution in [1.82, 2.24) is 0 Å². The number of carbonyl (C=O) groups excluding carboxylic acids is 2. The monoisotopic (exact) mass is 391 g/mol. The lowest BCUT2D eigenvalue weighted by Gasteiger charge is -2.08. The van der Waals surface area contributed by atoms with E-state index in [2.05, 4.69) is 5.32 Å². The molecule has 6 heteroatoms. The molecule has 0 bridgehead atoms. The molecule has 1 N–H and O–H groups in total. The fourth-order valence-electron chi connectivity index (χ4n) is 2.76. The molecule has 140 valence electrons. The Hall–Kier alpha value is -3.25. The van der Waals surface area contributed by atoms with E-state index in [4.69, 9.17) is 9.47 Å². The van der Waals surface area contributed by atoms with Crippen molar-refractivity contribution in [2.75, 3.05) is 17.9 Å². The molecule has 0 saturated heterocycles. The largest absolute Gasteiger partial charge is 0.454 e. The molecule has 0 radical (unpaired) electrons. The average Bonchev–Trinajstić information content (AvgIpc) is 3.21. The maximum Gasteiger partial charge on any atom is 0.255 e. The van der Waals surface area contributed by atoms with Gasteiger partial charge in [-0.15, -0.1) is 11.8 Å². The number of nitrogens with one attached hydrogen (secondary N) is 1. The third-order valence-corrected chi connectivity index (χ3v) is 5.19. The highest BCUT2D eigenvalue weighted by molar-refractivity contribution is 8.00. The molecule has 4 rings (SSSR count). The second-order valence-corrected chi connectivity index (χ2v) is 7.18. The molecule has 0 aliphatic carbocycles. The minimum atomic E-state index is -0.226. The first-order valence-corrected chi connectivity index (χ1v) is 9.70. The number of anilines is 1. The number of thioether (sulfide) groups is 1. The predicted molar refractivity (Wildman–Crippen MR) is 108 cm³/mol. The number of hydrogen-bond acceptors (Lipinski definition) is 5. The summed E-state index contributed by atoms with van der Waals surface area (Å²) in [5.74, 6) is 1.43. The molecule has 3 aromatic carbocycles. The highest BCUT2D eigenvalue weighted by Crippen LogP contribution is 2.34. The van der Waals surface area contributed by atoms with Gasteiger partial charge in [-0.3, -0.25) is 9.59 Å². The summed E-state index contributed by atoms with van der Waals surface area (Å²) in [5.41, 5.74) is 1.84. The quantitative estimate of drug-likeness (QED) is 0.490. The zero-order valence-electron chi connectivity index (χ0n) is 14.9. The molecular weight excluding hydrogens is 374 g/mol. The first kappa shape index (κ1) is 18.1. The molecule has 0 atom stereocenters. The summed E-state index contributed by atoms with van der Waals surface area (Å²) in [6.07, 6.45) is 0. The van der Waals surface area contributed by atoms with Crippen molar-refractivity contribution in [2.24, 2.45) is 0 Å². The zero-order valence-corrected chi connectivity index (χ0v) is 15.7. The standard InChI is InChI=1S/C22H17NO4S/c24-19(15-5-2-1-3-6-15)13-28-18-8-4-7-16(11-18)22(25)23-17-9-10-20-21(12-17)27-14-26-20/h1-12H,13-14H2,(H,23,25). The van der Waals surface area contributed by atoms with Gasteiger partial charge in [0.25, 0.3) is 5.91 Å². The van der Waals surface area contributed by atoms with Gasteiger partial charge in [0.1, 0.15) is 0 Å². The number of fused-ring (bicyclic) bond motifs is 1. The van der Waals surface area contributed by atoms with Gasteiger partial charge in [-0.2, -0.15) is 0 Å². The Kier molecular flexibility index (Phi) is 5.30. The van der Waals surface area contributed by atoms with Gasteiger partial charge in [-0.1, -0.05) is 36.4 Å². The summed E-state index contributed by atoms with van der Waals surface area (Å²) in [6, 6.07) is 21.7. The van der Waals surface area contributed by atoms with Crippen LogP contribution in [0, 0.1) is 0 Å². The van der Waals surface area contributed by atoms with Crippen molar-refractivity contribution in [2.45, 2.75) is 4.90 Å². The second-order valence-electron chi connectivity index (χ2n) is 6.13. The van der Waals surface area contributed by atoms with Gasteiger partial charge in [0, 0.05) is 27.8 Å². The average molecular weight is 391 g/mol. The molecule has 3 aromatic rings. The first-order valence-electron chi connectivity index (χ1n) is 8.71. The minimum absolute atomic E-state index is 0.0563. The number of rotatable bonds is 6. The van der Waals surface area contributed by atoms with E-state index < -0.39 is 0 Å². The topological polar surface area (TPSA) is 64.6 Å². The van der Waals surface area contributed by atoms with E-state index in [-0.39, 0.29) is 18.5 Å². The molecule has 1 heterocycles. The molecule has 0 fully saturated rings. The van der Waals surface area contributed by atoms with Gasteiger partial charge in [0.15, 0.2) is 17.3 Å². The smallest absolute Gasteiger partial charge is 0.255 e. The van der Waals surface area contributed by atoms with Crippen LogP contribution in [0.25, 0.3) is 0 Å². The van der Waals surface area contributed by atoms with Crippen molar-refractivity contribution >= 4 is 29.1 Å². The summed E-state index contributed by atoms with van der Waals surface area (Å²) in [7, 11) is 0. The van der Waals surface area contributed by atoms with Crippen LogP contribution in [0.4, 0.5) is 5.69 Å². The molecule has 1 aliphatic rings. The van der Waals surface area contributed by atoms with Gasteiger partial charge in [0.05, 0.1) is 5.75 Å². The summed E-state index contributed by atoms with van der Waals surface area (Å²) in [4.78, 5) is 25.7. The van der Waals surface area contributed by atoms with Crippen LogP contribution < -0.4 is 14.8 Å². The summed E-state index contributed by atoms with van der Waals surface area (Å²) in [6.45, 7) is 0.188. The SMILES string of the molecule is O=C(CSc1cccc(C(=O)Nc2ccc3c(c2)OCO3)c1)c1ccccc1. The predicted octanol–water partition coefficient (Wildman–Crippen LogP) is 4.64. The first-order chi connectivity index (χ1) is 13.7. The fourth-order valence-corrected chi connectivity index (χ4v) is 3.61. The summed E-state index contributed by atoms with van der Waals surface area (Å²) >= 11 is 1.41. The highest BCUT2D eigenvalue weighted by atomic mass is 32.2. The molecule has 0 spiro atoms. The molecule has 0 aromatic heterocycles. The van der Waals surface area contributed by atoms with Crippen LogP contribution in [0.3, 0.4) is 0 Å². The molecule has 0 saturated carbocycles. The Morgan fingerprint density at radius 3 is 2.50 bits per heavy atom. The van der Waals surface area contributed by atoms with Gasteiger partial charge < -0.3 is 14.8 Å². The molecule has 5 nitrogen and oxygen atoms in total. The lowest BCUT2D eigenvalue weighted by molar-refractivity contribution is 0.101. The van der Waals surface area contributed by atoms with Gasteiger partial charge in [0.2, 0.25) is 6.79 Å². The Balaban J connectivity index is 1.40. The third-order valence-electron chi connectivity index (χ3n) is 4.19. The van der Waals surface area contributed by atoms with Crippen LogP contribution in [-0.4, -0.2) is 24.2 Å². The van der Waals surface area contributed by atoms with Crippen LogP contribution in [0.1, 0.15) is 20.7 Å². The van der Waals surface area contributed by atoms with Crippen molar-refractivity contribution < 1.29 is 19.1 Å². The number of amides is 1. The van der Waals surface area contributed by atoms with Crippen LogP contribution in [-0.2, 0) is 0 Å². The molecular formula is C22H17NO4S. The lowest BCUT2D eigenvalue weighted by Crippen LogP contribution is -2.11. The maximum atomic E-state index is 12.6. The van der Waals surface area contributed by atoms with Crippen molar-refractivity contribution in [3.63, 3.8) is 0 Å². The van der Waals surface area contributed by atoms with Crippen molar-refractivity contribution in [3.05, 3.63) is 83.9 Å². The van der Waals surface area contributed by atoms with E-state index in [9.17, 15) is 9.59 Å². The fraction of sp³-hybridized carbons (Fsp3) is 0.0909. The van der Waals surface area contributed by atoms with Gasteiger partial charge in [-0.05, 0) is 30.3 Å². The number of hydrogen-bond donors (Lipinski definition) is 1. The van der Waals surface area contributed by atoms with E-state index >= 15 is 0 Å². The normalized spacial score (nSPS) is 11.9. The van der Waals surface area contributed by atoms with E-state index in [1.807, 2.05) is 30.3 Å². The van der Waals surface area contributed by atoms with E-state index in [0.717, 1.165) is 4.90 Å². The highest BCUT2D eigenvalue weighted by Gasteiger charge is 2.15. The third kappa shape index (κ3) is 4.18. The van der Waals surface area contributed by atoms with E-state index in [0.29, 0.717) is 34.1 Å². The Bertz CT molecular complexity index is 1020. The van der Waals surface area contributed by atoms with E-state index in [1.165, 1.54) is 11.8 Å². The number of Topliss-reactive ketones (excluding diaryl/α,β-unsaturated/α-hetero) is 1. The molecule has 1 amide bonds. The lowest BCUT2D eigenvalue weighted by atomic mass is 10.2. The van der Waals surface area contributed by atoms with E-state index in [1.54, 1.807) is 42.5 Å². The molecule has 0 unspecified atom stereocenters. The van der Waals surface area contributed by atoms with Crippen LogP contribution in [0.5, 0.6) is 11.5 Å². The van der Waals surface area contributed by atoms with Gasteiger partial charge >= 0.3 is 0 Å². The summed E-state index contributed by atoms with van der Waals surface area (Å²) < 4.78 is 10.6. The van der Waals surface area contributed by atoms with Crippen LogP contribution in [0.2, 0.25) is 0 Å². The number of benzene rings is 3. The Labute approximate surface area is 166 Å². The van der Waals surface area contributed by atoms with Crippen LogP contribution in [0.15, 0.2) is 77.7 Å². The second kappa shape index (κ2) is 8.19. The maximum absolute atomic E-state index is 12.6. The minimum Gasteiger partial charge on any atom is -0.454 e. The van der Waals surface area contributed by atoms with Crippen molar-refractivity contribution in [1.29, 1.82) is 0 Å². The number of carbonyl (C=O) groups is 2. The zero-order chi connectivity index (χ0) is 19.3. The Morgan fingerprint density at radius 1 is 0.857 bits per heavy atom. The summed E-state index contributed by atoms with van der Waals surface area (Å²) in [5, 5.41) is 2.86. The number of ether oxygens (including phenoxy) is 2. The van der Waals surface area contributed by atoms with Crippen molar-refractivity contribution in [3.8, 4) is 11.5 Å². The molecule has 28 heavy (non-hydrogen) atoms.